The van der Waals surface area contributed by atoms with Gasteiger partial charge in [0.15, 0.2) is 0 Å². The number of hydrogen-bond acceptors (Lipinski definition) is 4. The molecular weight excluding hydrogens is 286 g/mol. The van der Waals surface area contributed by atoms with Crippen molar-refractivity contribution in [1.29, 1.82) is 0 Å². The molecule has 0 fully saturated rings. The number of carbonyl (C=O) groups excluding carboxylic acids is 1. The third-order valence-electron chi connectivity index (χ3n) is 3.80. The van der Waals surface area contributed by atoms with Gasteiger partial charge in [-0.25, -0.2) is 4.98 Å². The average Bonchev–Trinajstić information content (AvgIpc) is 2.69. The van der Waals surface area contributed by atoms with Crippen molar-refractivity contribution < 1.29 is 4.79 Å². The van der Waals surface area contributed by atoms with Gasteiger partial charge in [0.2, 0.25) is 5.91 Å². The third-order valence-corrected chi connectivity index (χ3v) is 4.90. The Kier molecular flexibility index (Phi) is 4.46. The van der Waals surface area contributed by atoms with Crippen LogP contribution in [0.5, 0.6) is 0 Å². The minimum Gasteiger partial charge on any atom is -0.352 e. The number of nitrogens with one attached hydrogen (secondary N) is 1. The molecule has 2 aromatic rings. The van der Waals surface area contributed by atoms with E-state index in [1.54, 1.807) is 6.92 Å². The van der Waals surface area contributed by atoms with Crippen LogP contribution in [-0.4, -0.2) is 21.5 Å². The molecule has 2 rings (SSSR count). The first kappa shape index (κ1) is 15.7. The number of fused-ring (bicyclic) bond motifs is 1. The number of amides is 1. The van der Waals surface area contributed by atoms with E-state index < -0.39 is 0 Å². The number of nitrogens with zero attached hydrogens (tertiary/aromatic N) is 2. The van der Waals surface area contributed by atoms with Crippen LogP contribution in [0.15, 0.2) is 4.79 Å². The predicted molar refractivity (Wildman–Crippen MR) is 86.0 cm³/mol. The summed E-state index contributed by atoms with van der Waals surface area (Å²) in [5.74, 6) is 0.424. The Hall–Kier alpha value is -1.69. The highest BCUT2D eigenvalue weighted by molar-refractivity contribution is 7.18. The first-order chi connectivity index (χ1) is 9.85. The van der Waals surface area contributed by atoms with E-state index in [1.165, 1.54) is 15.9 Å². The number of hydrogen-bond donors (Lipinski definition) is 1. The van der Waals surface area contributed by atoms with Crippen LogP contribution in [0, 0.1) is 20.8 Å². The summed E-state index contributed by atoms with van der Waals surface area (Å²) in [6, 6.07) is 0.107. The third kappa shape index (κ3) is 3.00. The molecule has 0 aliphatic rings. The Morgan fingerprint density at radius 2 is 2.05 bits per heavy atom. The van der Waals surface area contributed by atoms with E-state index in [2.05, 4.69) is 10.3 Å². The van der Waals surface area contributed by atoms with E-state index in [9.17, 15) is 9.59 Å². The lowest BCUT2D eigenvalue weighted by atomic mass is 10.2. The lowest BCUT2D eigenvalue weighted by molar-refractivity contribution is -0.122. The molecule has 1 amide bonds. The number of aryl methyl sites for hydroxylation is 3. The first-order valence-corrected chi connectivity index (χ1v) is 7.93. The quantitative estimate of drug-likeness (QED) is 0.942. The van der Waals surface area contributed by atoms with E-state index in [-0.39, 0.29) is 24.1 Å². The zero-order chi connectivity index (χ0) is 15.7. The van der Waals surface area contributed by atoms with Crippen LogP contribution in [0.3, 0.4) is 0 Å². The molecule has 6 heteroatoms. The predicted octanol–water partition coefficient (Wildman–Crippen LogP) is 2.30. The van der Waals surface area contributed by atoms with Gasteiger partial charge in [0.25, 0.3) is 5.56 Å². The average molecular weight is 307 g/mol. The molecule has 5 nitrogen and oxygen atoms in total. The van der Waals surface area contributed by atoms with E-state index in [0.29, 0.717) is 11.2 Å². The Balaban J connectivity index is 2.43. The van der Waals surface area contributed by atoms with Gasteiger partial charge >= 0.3 is 0 Å². The van der Waals surface area contributed by atoms with Gasteiger partial charge in [-0.15, -0.1) is 11.3 Å². The molecule has 0 saturated carbocycles. The maximum Gasteiger partial charge on any atom is 0.263 e. The van der Waals surface area contributed by atoms with E-state index >= 15 is 0 Å². The minimum absolute atomic E-state index is 0.0201. The molecule has 114 valence electrons. The summed E-state index contributed by atoms with van der Waals surface area (Å²) in [4.78, 5) is 31.0. The van der Waals surface area contributed by atoms with Crippen molar-refractivity contribution in [3.63, 3.8) is 0 Å². The molecular formula is C15H21N3O2S. The van der Waals surface area contributed by atoms with Gasteiger partial charge < -0.3 is 5.32 Å². The molecule has 21 heavy (non-hydrogen) atoms. The molecule has 0 spiro atoms. The molecule has 0 aliphatic carbocycles. The molecule has 2 heterocycles. The molecule has 1 unspecified atom stereocenters. The molecule has 0 radical (unpaired) electrons. The SMILES string of the molecule is CCC(C)NC(=O)Cn1c(C)nc2sc(C)c(C)c2c1=O. The highest BCUT2D eigenvalue weighted by atomic mass is 32.1. The summed E-state index contributed by atoms with van der Waals surface area (Å²) in [5, 5.41) is 3.51. The van der Waals surface area contributed by atoms with Crippen molar-refractivity contribution in [1.82, 2.24) is 14.9 Å². The van der Waals surface area contributed by atoms with Gasteiger partial charge in [-0.2, -0.15) is 0 Å². The summed E-state index contributed by atoms with van der Waals surface area (Å²) in [6.07, 6.45) is 0.861. The molecule has 1 N–H and O–H groups in total. The first-order valence-electron chi connectivity index (χ1n) is 7.11. The fraction of sp³-hybridized carbons (Fsp3) is 0.533. The fourth-order valence-electron chi connectivity index (χ4n) is 2.18. The van der Waals surface area contributed by atoms with Crippen LogP contribution in [0.2, 0.25) is 0 Å². The van der Waals surface area contributed by atoms with Gasteiger partial charge in [0, 0.05) is 10.9 Å². The second-order valence-corrected chi connectivity index (χ2v) is 6.59. The molecule has 0 aromatic carbocycles. The Morgan fingerprint density at radius 1 is 1.38 bits per heavy atom. The molecule has 1 atom stereocenters. The van der Waals surface area contributed by atoms with Crippen molar-refractivity contribution in [2.45, 2.75) is 53.6 Å². The zero-order valence-electron chi connectivity index (χ0n) is 13.1. The molecule has 2 aromatic heterocycles. The van der Waals surface area contributed by atoms with Crippen molar-refractivity contribution in [3.05, 3.63) is 26.6 Å². The van der Waals surface area contributed by atoms with Gasteiger partial charge in [-0.1, -0.05) is 6.92 Å². The van der Waals surface area contributed by atoms with E-state index in [4.69, 9.17) is 0 Å². The monoisotopic (exact) mass is 307 g/mol. The summed E-state index contributed by atoms with van der Waals surface area (Å²) < 4.78 is 1.46. The van der Waals surface area contributed by atoms with Crippen LogP contribution in [0.4, 0.5) is 0 Å². The minimum atomic E-state index is -0.152. The Morgan fingerprint density at radius 3 is 2.67 bits per heavy atom. The number of thiophene rings is 1. The van der Waals surface area contributed by atoms with Gasteiger partial charge in [-0.05, 0) is 39.7 Å². The van der Waals surface area contributed by atoms with E-state index in [1.807, 2.05) is 27.7 Å². The largest absolute Gasteiger partial charge is 0.352 e. The van der Waals surface area contributed by atoms with Crippen molar-refractivity contribution in [3.8, 4) is 0 Å². The van der Waals surface area contributed by atoms with Gasteiger partial charge in [0.05, 0.1) is 5.39 Å². The second kappa shape index (κ2) is 5.97. The summed E-state index contributed by atoms with van der Waals surface area (Å²) in [5.41, 5.74) is 0.835. The van der Waals surface area contributed by atoms with Gasteiger partial charge in [-0.3, -0.25) is 14.2 Å². The van der Waals surface area contributed by atoms with Crippen molar-refractivity contribution in [2.24, 2.45) is 0 Å². The zero-order valence-corrected chi connectivity index (χ0v) is 13.9. The summed E-state index contributed by atoms with van der Waals surface area (Å²) in [7, 11) is 0. The van der Waals surface area contributed by atoms with Crippen molar-refractivity contribution >= 4 is 27.5 Å². The Labute approximate surface area is 128 Å². The fourth-order valence-corrected chi connectivity index (χ4v) is 3.25. The van der Waals surface area contributed by atoms with Crippen LogP contribution in [0.25, 0.3) is 10.2 Å². The van der Waals surface area contributed by atoms with Crippen LogP contribution in [0.1, 0.15) is 36.5 Å². The maximum absolute atomic E-state index is 12.6. The van der Waals surface area contributed by atoms with Crippen molar-refractivity contribution in [2.75, 3.05) is 0 Å². The molecule has 0 bridgehead atoms. The van der Waals surface area contributed by atoms with Gasteiger partial charge in [0.1, 0.15) is 17.2 Å². The Bertz CT molecular complexity index is 745. The van der Waals surface area contributed by atoms with E-state index in [0.717, 1.165) is 21.7 Å². The highest BCUT2D eigenvalue weighted by Crippen LogP contribution is 2.26. The number of carbonyl (C=O) groups is 1. The molecule has 0 aliphatic heterocycles. The lowest BCUT2D eigenvalue weighted by Crippen LogP contribution is -2.38. The van der Waals surface area contributed by atoms with Crippen LogP contribution < -0.4 is 10.9 Å². The summed E-state index contributed by atoms with van der Waals surface area (Å²) in [6.45, 7) is 9.65. The maximum atomic E-state index is 12.6. The smallest absolute Gasteiger partial charge is 0.263 e. The number of aromatic nitrogens is 2. The second-order valence-electron chi connectivity index (χ2n) is 5.39. The van der Waals surface area contributed by atoms with Crippen LogP contribution in [-0.2, 0) is 11.3 Å². The standard InChI is InChI=1S/C15H21N3O2S/c1-6-8(2)16-12(19)7-18-11(5)17-14-13(15(18)20)9(3)10(4)21-14/h8H,6-7H2,1-5H3,(H,16,19). The lowest BCUT2D eigenvalue weighted by Gasteiger charge is -2.13. The highest BCUT2D eigenvalue weighted by Gasteiger charge is 2.16. The number of rotatable bonds is 4. The topological polar surface area (TPSA) is 64.0 Å². The molecule has 0 saturated heterocycles. The van der Waals surface area contributed by atoms with Crippen LogP contribution >= 0.6 is 11.3 Å². The normalized spacial score (nSPS) is 12.6. The summed E-state index contributed by atoms with van der Waals surface area (Å²) >= 11 is 1.52.